The first kappa shape index (κ1) is 26.1. The minimum absolute atomic E-state index is 0.223. The highest BCUT2D eigenvalue weighted by Crippen LogP contribution is 2.47. The number of para-hydroxylation sites is 1. The van der Waals surface area contributed by atoms with Gasteiger partial charge in [0.1, 0.15) is 5.75 Å². The van der Waals surface area contributed by atoms with Gasteiger partial charge in [-0.05, 0) is 56.6 Å². The Balaban J connectivity index is 1.87. The molecule has 34 heavy (non-hydrogen) atoms. The normalized spacial score (nSPS) is 25.4. The van der Waals surface area contributed by atoms with Crippen molar-refractivity contribution in [2.24, 2.45) is 22.8 Å². The van der Waals surface area contributed by atoms with Crippen LogP contribution in [0.15, 0.2) is 48.3 Å². The van der Waals surface area contributed by atoms with Crippen LogP contribution in [-0.2, 0) is 11.3 Å². The van der Waals surface area contributed by atoms with Crippen molar-refractivity contribution in [3.05, 3.63) is 53.8 Å². The van der Waals surface area contributed by atoms with Crippen molar-refractivity contribution >= 4 is 6.03 Å². The third-order valence-corrected chi connectivity index (χ3v) is 7.53. The second kappa shape index (κ2) is 12.3. The lowest BCUT2D eigenvalue weighted by Crippen LogP contribution is -2.48. The van der Waals surface area contributed by atoms with Crippen molar-refractivity contribution in [2.45, 2.75) is 83.9 Å². The average molecular weight is 470 g/mol. The maximum atomic E-state index is 12.7. The van der Waals surface area contributed by atoms with E-state index < -0.39 is 6.03 Å². The van der Waals surface area contributed by atoms with E-state index >= 15 is 0 Å². The van der Waals surface area contributed by atoms with Gasteiger partial charge >= 0.3 is 6.03 Å². The van der Waals surface area contributed by atoms with Gasteiger partial charge in [-0.25, -0.2) is 4.79 Å². The first-order valence-electron chi connectivity index (χ1n) is 12.9. The fourth-order valence-corrected chi connectivity index (χ4v) is 5.57. The Morgan fingerprint density at radius 3 is 2.59 bits per heavy atom. The molecule has 1 fully saturated rings. The molecule has 0 spiro atoms. The minimum Gasteiger partial charge on any atom is -0.496 e. The van der Waals surface area contributed by atoms with E-state index in [1.54, 1.807) is 12.0 Å². The topological polar surface area (TPSA) is 90.8 Å². The summed E-state index contributed by atoms with van der Waals surface area (Å²) in [4.78, 5) is 14.4. The van der Waals surface area contributed by atoms with E-state index in [9.17, 15) is 4.79 Å². The van der Waals surface area contributed by atoms with Gasteiger partial charge < -0.3 is 25.8 Å². The Labute approximate surface area is 205 Å². The van der Waals surface area contributed by atoms with Gasteiger partial charge in [0.15, 0.2) is 0 Å². The molecule has 1 aromatic rings. The van der Waals surface area contributed by atoms with Gasteiger partial charge in [0, 0.05) is 30.0 Å². The number of primary amides is 1. The Kier molecular flexibility index (Phi) is 9.45. The molecule has 0 bridgehead atoms. The zero-order valence-corrected chi connectivity index (χ0v) is 21.2. The number of urea groups is 1. The number of nitrogens with two attached hydrogens (primary N) is 2. The summed E-state index contributed by atoms with van der Waals surface area (Å²) >= 11 is 0. The first-order chi connectivity index (χ1) is 16.4. The summed E-state index contributed by atoms with van der Waals surface area (Å²) in [5.41, 5.74) is 12.9. The van der Waals surface area contributed by atoms with Crippen LogP contribution < -0.4 is 16.2 Å². The van der Waals surface area contributed by atoms with E-state index in [-0.39, 0.29) is 17.6 Å². The molecule has 0 aromatic heterocycles. The molecule has 1 saturated carbocycles. The van der Waals surface area contributed by atoms with Gasteiger partial charge in [-0.3, -0.25) is 0 Å². The molecule has 2 aliphatic rings. The summed E-state index contributed by atoms with van der Waals surface area (Å²) in [5, 5.41) is 0. The number of carbonyl (C=O) groups is 1. The van der Waals surface area contributed by atoms with Gasteiger partial charge in [0.2, 0.25) is 0 Å². The monoisotopic (exact) mass is 469 g/mol. The third kappa shape index (κ3) is 6.56. The number of nitrogens with zero attached hydrogens (tertiary/aromatic N) is 1. The molecule has 0 heterocycles. The predicted molar refractivity (Wildman–Crippen MR) is 137 cm³/mol. The number of benzene rings is 1. The molecule has 2 atom stereocenters. The fraction of sp³-hybridized carbons (Fsp3) is 0.607. The van der Waals surface area contributed by atoms with E-state index in [0.29, 0.717) is 19.0 Å². The smallest absolute Gasteiger partial charge is 0.315 e. The van der Waals surface area contributed by atoms with Crippen LogP contribution in [0.4, 0.5) is 4.79 Å². The van der Waals surface area contributed by atoms with Crippen LogP contribution >= 0.6 is 0 Å². The molecule has 2 aliphatic carbocycles. The van der Waals surface area contributed by atoms with Gasteiger partial charge in [-0.1, -0.05) is 50.6 Å². The maximum absolute atomic E-state index is 12.7. The van der Waals surface area contributed by atoms with Crippen LogP contribution in [0.5, 0.6) is 5.75 Å². The summed E-state index contributed by atoms with van der Waals surface area (Å²) in [6.07, 6.45) is 14.8. The molecule has 0 aliphatic heterocycles. The van der Waals surface area contributed by atoms with E-state index in [2.05, 4.69) is 32.1 Å². The Hall–Kier alpha value is -2.47. The van der Waals surface area contributed by atoms with Gasteiger partial charge in [-0.2, -0.15) is 0 Å². The minimum atomic E-state index is -0.416. The van der Waals surface area contributed by atoms with Crippen molar-refractivity contribution in [1.29, 1.82) is 0 Å². The van der Waals surface area contributed by atoms with E-state index in [0.717, 1.165) is 68.4 Å². The highest BCUT2D eigenvalue weighted by molar-refractivity contribution is 5.72. The van der Waals surface area contributed by atoms with Gasteiger partial charge in [0.25, 0.3) is 0 Å². The highest BCUT2D eigenvalue weighted by Gasteiger charge is 2.42. The number of rotatable bonds is 11. The molecule has 2 unspecified atom stereocenters. The lowest BCUT2D eigenvalue weighted by Gasteiger charge is -2.46. The van der Waals surface area contributed by atoms with Crippen molar-refractivity contribution in [2.75, 3.05) is 13.7 Å². The standard InChI is InChI=1S/C28H43N3O3/c1-4-9-24(5-2)34-25-11-8-17-28(18-25,22-13-15-23(29)16-14-22)20-31(27(30)32)19-21-10-6-7-12-26(21)33-3/h6-8,10-12,17,22-24H,4-5,9,13-16,18-20,29H2,1-3H3,(H2,30,32)/t22-,23-,24?,28?. The Morgan fingerprint density at radius 1 is 1.21 bits per heavy atom. The van der Waals surface area contributed by atoms with Crippen LogP contribution in [-0.4, -0.2) is 36.7 Å². The molecule has 6 heteroatoms. The molecule has 6 nitrogen and oxygen atoms in total. The highest BCUT2D eigenvalue weighted by atomic mass is 16.5. The fourth-order valence-electron chi connectivity index (χ4n) is 5.57. The number of hydrogen-bond acceptors (Lipinski definition) is 4. The number of hydrogen-bond donors (Lipinski definition) is 2. The molecule has 188 valence electrons. The molecule has 0 saturated heterocycles. The van der Waals surface area contributed by atoms with E-state index in [1.807, 2.05) is 24.3 Å². The lowest BCUT2D eigenvalue weighted by atomic mass is 9.64. The Bertz CT molecular complexity index is 860. The molecule has 0 radical (unpaired) electrons. The van der Waals surface area contributed by atoms with Crippen molar-refractivity contribution in [3.63, 3.8) is 0 Å². The van der Waals surface area contributed by atoms with Crippen LogP contribution in [0.25, 0.3) is 0 Å². The summed E-state index contributed by atoms with van der Waals surface area (Å²) in [5.74, 6) is 2.20. The lowest BCUT2D eigenvalue weighted by molar-refractivity contribution is 0.0530. The van der Waals surface area contributed by atoms with E-state index in [4.69, 9.17) is 20.9 Å². The second-order valence-corrected chi connectivity index (χ2v) is 9.96. The van der Waals surface area contributed by atoms with Crippen molar-refractivity contribution in [1.82, 2.24) is 4.90 Å². The molecule has 2 amide bonds. The first-order valence-corrected chi connectivity index (χ1v) is 12.9. The summed E-state index contributed by atoms with van der Waals surface area (Å²) in [6.45, 7) is 5.33. The van der Waals surface area contributed by atoms with Crippen LogP contribution in [0, 0.1) is 11.3 Å². The molecular formula is C28H43N3O3. The SMILES string of the molecule is CCCC(CC)OC1=CC=CC(CN(Cc2ccccc2OC)C(N)=O)([C@H]2CC[C@H](N)CC2)C1. The molecule has 4 N–H and O–H groups in total. The third-order valence-electron chi connectivity index (χ3n) is 7.53. The van der Waals surface area contributed by atoms with Crippen molar-refractivity contribution in [3.8, 4) is 5.75 Å². The second-order valence-electron chi connectivity index (χ2n) is 9.96. The van der Waals surface area contributed by atoms with Crippen LogP contribution in [0.2, 0.25) is 0 Å². The number of amides is 2. The molecular weight excluding hydrogens is 426 g/mol. The van der Waals surface area contributed by atoms with Gasteiger partial charge in [0.05, 0.1) is 25.5 Å². The van der Waals surface area contributed by atoms with Crippen molar-refractivity contribution < 1.29 is 14.3 Å². The zero-order chi connectivity index (χ0) is 24.6. The predicted octanol–water partition coefficient (Wildman–Crippen LogP) is 5.52. The molecule has 1 aromatic carbocycles. The van der Waals surface area contributed by atoms with Gasteiger partial charge in [-0.15, -0.1) is 0 Å². The number of allylic oxidation sites excluding steroid dienone is 3. The zero-order valence-electron chi connectivity index (χ0n) is 21.2. The van der Waals surface area contributed by atoms with E-state index in [1.165, 1.54) is 0 Å². The summed E-state index contributed by atoms with van der Waals surface area (Å²) in [6, 6.07) is 7.65. The van der Waals surface area contributed by atoms with Crippen LogP contribution in [0.1, 0.15) is 70.8 Å². The number of methoxy groups -OCH3 is 1. The number of carbonyl (C=O) groups excluding carboxylic acids is 1. The maximum Gasteiger partial charge on any atom is 0.315 e. The Morgan fingerprint density at radius 2 is 1.94 bits per heavy atom. The summed E-state index contributed by atoms with van der Waals surface area (Å²) < 4.78 is 12.0. The quantitative estimate of drug-likeness (QED) is 0.446. The van der Waals surface area contributed by atoms with Crippen LogP contribution in [0.3, 0.4) is 0 Å². The average Bonchev–Trinajstić information content (AvgIpc) is 2.84. The molecule has 3 rings (SSSR count). The number of ether oxygens (including phenoxy) is 2. The largest absolute Gasteiger partial charge is 0.496 e. The summed E-state index contributed by atoms with van der Waals surface area (Å²) in [7, 11) is 1.65.